The van der Waals surface area contributed by atoms with Crippen molar-refractivity contribution in [2.45, 2.75) is 24.4 Å². The lowest BCUT2D eigenvalue weighted by atomic mass is 9.80. The lowest BCUT2D eigenvalue weighted by Crippen LogP contribution is -2.45. The molecule has 2 heterocycles. The number of pyridine rings is 1. The Morgan fingerprint density at radius 3 is 2.11 bits per heavy atom. The largest absolute Gasteiger partial charge is 0.388 e. The van der Waals surface area contributed by atoms with Crippen LogP contribution in [0.4, 0.5) is 23.2 Å². The molecular formula is C26H22F4N4O. The molecule has 2 N–H and O–H groups in total. The molecule has 0 aliphatic heterocycles. The predicted octanol–water partition coefficient (Wildman–Crippen LogP) is 5.00. The topological polar surface area (TPSA) is 70.9 Å². The van der Waals surface area contributed by atoms with Gasteiger partial charge in [-0.05, 0) is 54.3 Å². The first-order valence-electron chi connectivity index (χ1n) is 10.8. The molecule has 0 bridgehead atoms. The fourth-order valence-corrected chi connectivity index (χ4v) is 3.84. The van der Waals surface area contributed by atoms with Gasteiger partial charge < -0.3 is 10.4 Å². The van der Waals surface area contributed by atoms with Crippen molar-refractivity contribution >= 4 is 5.69 Å². The number of anilines is 1. The highest BCUT2D eigenvalue weighted by Crippen LogP contribution is 2.49. The van der Waals surface area contributed by atoms with E-state index in [0.29, 0.717) is 24.5 Å². The summed E-state index contributed by atoms with van der Waals surface area (Å²) in [6.45, 7) is 0. The van der Waals surface area contributed by atoms with Crippen LogP contribution < -0.4 is 5.32 Å². The highest BCUT2D eigenvalue weighted by Gasteiger charge is 2.58. The Morgan fingerprint density at radius 2 is 1.51 bits per heavy atom. The van der Waals surface area contributed by atoms with E-state index in [4.69, 9.17) is 0 Å². The van der Waals surface area contributed by atoms with Crippen LogP contribution in [-0.4, -0.2) is 27.1 Å². The molecule has 1 atom stereocenters. The van der Waals surface area contributed by atoms with Gasteiger partial charge in [-0.15, -0.1) is 0 Å². The number of rotatable bonds is 8. The van der Waals surface area contributed by atoms with Crippen LogP contribution in [0.3, 0.4) is 0 Å². The second kappa shape index (κ2) is 9.79. The monoisotopic (exact) mass is 482 g/mol. The van der Waals surface area contributed by atoms with E-state index in [0.717, 1.165) is 48.2 Å². The maximum atomic E-state index is 15.9. The van der Waals surface area contributed by atoms with E-state index in [1.54, 1.807) is 0 Å². The van der Waals surface area contributed by atoms with Gasteiger partial charge in [0.15, 0.2) is 5.60 Å². The summed E-state index contributed by atoms with van der Waals surface area (Å²) < 4.78 is 59.9. The van der Waals surface area contributed by atoms with E-state index in [-0.39, 0.29) is 0 Å². The highest BCUT2D eigenvalue weighted by molar-refractivity contribution is 5.44. The van der Waals surface area contributed by atoms with E-state index < -0.39 is 40.0 Å². The maximum Gasteiger partial charge on any atom is 0.326 e. The van der Waals surface area contributed by atoms with Gasteiger partial charge in [-0.2, -0.15) is 8.78 Å². The molecule has 0 saturated carbocycles. The second-order valence-electron chi connectivity index (χ2n) is 8.03. The van der Waals surface area contributed by atoms with E-state index in [9.17, 15) is 13.9 Å². The van der Waals surface area contributed by atoms with Crippen molar-refractivity contribution in [2.24, 2.45) is 0 Å². The van der Waals surface area contributed by atoms with Gasteiger partial charge in [0.05, 0.1) is 0 Å². The summed E-state index contributed by atoms with van der Waals surface area (Å²) in [5.74, 6) is -6.42. The molecule has 4 aromatic rings. The summed E-state index contributed by atoms with van der Waals surface area (Å²) in [5, 5.41) is 14.4. The average Bonchev–Trinajstić information content (AvgIpc) is 2.88. The van der Waals surface area contributed by atoms with Crippen LogP contribution >= 0.6 is 0 Å². The number of hydrogen-bond acceptors (Lipinski definition) is 5. The Morgan fingerprint density at radius 1 is 0.857 bits per heavy atom. The molecule has 0 amide bonds. The van der Waals surface area contributed by atoms with Crippen LogP contribution in [0.5, 0.6) is 0 Å². The number of aliphatic hydroxyl groups is 1. The van der Waals surface area contributed by atoms with Crippen molar-refractivity contribution < 1.29 is 22.7 Å². The molecule has 1 unspecified atom stereocenters. The third-order valence-corrected chi connectivity index (χ3v) is 5.85. The third kappa shape index (κ3) is 4.72. The summed E-state index contributed by atoms with van der Waals surface area (Å²) in [6, 6.07) is 12.4. The van der Waals surface area contributed by atoms with E-state index in [2.05, 4.69) is 20.3 Å². The smallest absolute Gasteiger partial charge is 0.326 e. The molecule has 9 heteroatoms. The summed E-state index contributed by atoms with van der Waals surface area (Å²) in [4.78, 5) is 11.3. The summed E-state index contributed by atoms with van der Waals surface area (Å²) in [6.07, 6.45) is 5.53. The molecule has 2 aromatic carbocycles. The maximum absolute atomic E-state index is 15.9. The number of nitrogens with one attached hydrogen (secondary N) is 1. The number of halogens is 4. The minimum Gasteiger partial charge on any atom is -0.388 e. The van der Waals surface area contributed by atoms with E-state index >= 15 is 8.78 Å². The van der Waals surface area contributed by atoms with Gasteiger partial charge in [-0.1, -0.05) is 18.2 Å². The zero-order valence-electron chi connectivity index (χ0n) is 18.7. The van der Waals surface area contributed by atoms with Crippen LogP contribution in [0.1, 0.15) is 27.9 Å². The standard InChI is InChI=1S/C26H22F4N4O/c1-31-21-8-4-17(5-9-21)2-3-18-6-11-24(34-13-18)26(29,30)25(35,19-14-32-16-33-15-19)22-10-7-20(27)12-23(22)28/h4-16,31,35H,2-3H2,1H3. The molecular weight excluding hydrogens is 460 g/mol. The molecule has 5 nitrogen and oxygen atoms in total. The molecule has 35 heavy (non-hydrogen) atoms. The van der Waals surface area contributed by atoms with Gasteiger partial charge in [-0.3, -0.25) is 4.98 Å². The average molecular weight is 482 g/mol. The number of nitrogens with zero attached hydrogens (tertiary/aromatic N) is 3. The minimum atomic E-state index is -4.11. The second-order valence-corrected chi connectivity index (χ2v) is 8.03. The first-order chi connectivity index (χ1) is 16.8. The van der Waals surface area contributed by atoms with Gasteiger partial charge in [0.2, 0.25) is 0 Å². The van der Waals surface area contributed by atoms with Gasteiger partial charge in [0.25, 0.3) is 0 Å². The van der Waals surface area contributed by atoms with Gasteiger partial charge >= 0.3 is 5.92 Å². The van der Waals surface area contributed by atoms with Crippen molar-refractivity contribution in [1.29, 1.82) is 0 Å². The summed E-state index contributed by atoms with van der Waals surface area (Å²) in [5.41, 5.74) is -2.55. The minimum absolute atomic E-state index is 0.430. The fourth-order valence-electron chi connectivity index (χ4n) is 3.84. The van der Waals surface area contributed by atoms with Crippen LogP contribution in [-0.2, 0) is 24.4 Å². The SMILES string of the molecule is CNc1ccc(CCc2ccc(C(F)(F)C(O)(c3cncnc3)c3ccc(F)cc3F)nc2)cc1. The Balaban J connectivity index is 1.65. The normalized spacial score (nSPS) is 13.3. The fraction of sp³-hybridized carbons (Fsp3) is 0.192. The van der Waals surface area contributed by atoms with E-state index in [1.807, 2.05) is 31.3 Å². The number of aryl methyl sites for hydroxylation is 2. The molecule has 2 aromatic heterocycles. The Bertz CT molecular complexity index is 1290. The zero-order valence-corrected chi connectivity index (χ0v) is 18.7. The van der Waals surface area contributed by atoms with Crippen LogP contribution in [0.15, 0.2) is 79.5 Å². The molecule has 0 aliphatic carbocycles. The van der Waals surface area contributed by atoms with Gasteiger partial charge in [0, 0.05) is 48.5 Å². The lowest BCUT2D eigenvalue weighted by Gasteiger charge is -2.36. The molecule has 0 radical (unpaired) electrons. The van der Waals surface area contributed by atoms with Gasteiger partial charge in [-0.25, -0.2) is 18.7 Å². The molecule has 0 saturated heterocycles. The van der Waals surface area contributed by atoms with Crippen LogP contribution in [0, 0.1) is 11.6 Å². The molecule has 4 rings (SSSR count). The third-order valence-electron chi connectivity index (χ3n) is 5.85. The predicted molar refractivity (Wildman–Crippen MR) is 123 cm³/mol. The van der Waals surface area contributed by atoms with Crippen molar-refractivity contribution in [2.75, 3.05) is 12.4 Å². The zero-order chi connectivity index (χ0) is 25.1. The van der Waals surface area contributed by atoms with Crippen molar-refractivity contribution in [3.63, 3.8) is 0 Å². The quantitative estimate of drug-likeness (QED) is 0.346. The van der Waals surface area contributed by atoms with Crippen LogP contribution in [0.2, 0.25) is 0 Å². The Labute approximate surface area is 199 Å². The van der Waals surface area contributed by atoms with Gasteiger partial charge in [0.1, 0.15) is 23.7 Å². The summed E-state index contributed by atoms with van der Waals surface area (Å²) >= 11 is 0. The summed E-state index contributed by atoms with van der Waals surface area (Å²) in [7, 11) is 1.83. The van der Waals surface area contributed by atoms with E-state index in [1.165, 1.54) is 12.3 Å². The first kappa shape index (κ1) is 24.3. The molecule has 180 valence electrons. The molecule has 0 spiro atoms. The lowest BCUT2D eigenvalue weighted by molar-refractivity contribution is -0.175. The first-order valence-corrected chi connectivity index (χ1v) is 10.8. The number of hydrogen-bond donors (Lipinski definition) is 2. The number of alkyl halides is 2. The Hall–Kier alpha value is -3.85. The van der Waals surface area contributed by atoms with Crippen LogP contribution in [0.25, 0.3) is 0 Å². The number of aromatic nitrogens is 3. The van der Waals surface area contributed by atoms with Crippen molar-refractivity contribution in [1.82, 2.24) is 15.0 Å². The van der Waals surface area contributed by atoms with Crippen molar-refractivity contribution in [3.8, 4) is 0 Å². The molecule has 0 aliphatic rings. The Kier molecular flexibility index (Phi) is 6.79. The number of benzene rings is 2. The highest BCUT2D eigenvalue weighted by atomic mass is 19.3. The van der Waals surface area contributed by atoms with Crippen molar-refractivity contribution in [3.05, 3.63) is 119 Å². The molecule has 0 fully saturated rings.